The van der Waals surface area contributed by atoms with Gasteiger partial charge in [0, 0.05) is 24.8 Å². The molecule has 0 aromatic carbocycles. The fourth-order valence-corrected chi connectivity index (χ4v) is 1.50. The van der Waals surface area contributed by atoms with E-state index >= 15 is 0 Å². The molecule has 0 N–H and O–H groups in total. The average Bonchev–Trinajstić information content (AvgIpc) is 2.28. The van der Waals surface area contributed by atoms with Gasteiger partial charge in [-0.25, -0.2) is 4.98 Å². The van der Waals surface area contributed by atoms with Gasteiger partial charge in [-0.2, -0.15) is 5.26 Å². The highest BCUT2D eigenvalue weighted by Gasteiger charge is 2.13. The Morgan fingerprint density at radius 3 is 2.88 bits per heavy atom. The zero-order chi connectivity index (χ0) is 12.1. The number of pyridine rings is 1. The van der Waals surface area contributed by atoms with E-state index in [-0.39, 0.29) is 6.04 Å². The number of rotatable bonds is 4. The standard InChI is InChI=1S/C12H15N3O/c1-9-6-11(8-16)7-14-12(9)15(3)10(2)4-5-13/h6-8,10H,4H2,1-3H3. The molecule has 1 unspecified atom stereocenters. The van der Waals surface area contributed by atoms with Crippen LogP contribution in [0.25, 0.3) is 0 Å². The fourth-order valence-electron chi connectivity index (χ4n) is 1.50. The topological polar surface area (TPSA) is 57.0 Å². The smallest absolute Gasteiger partial charge is 0.151 e. The maximum Gasteiger partial charge on any atom is 0.151 e. The molecule has 0 bridgehead atoms. The van der Waals surface area contributed by atoms with Crippen LogP contribution in [0, 0.1) is 18.3 Å². The molecule has 4 heteroatoms. The molecule has 1 atom stereocenters. The van der Waals surface area contributed by atoms with Crippen molar-refractivity contribution in [3.8, 4) is 6.07 Å². The largest absolute Gasteiger partial charge is 0.356 e. The molecule has 0 saturated heterocycles. The second-order valence-corrected chi connectivity index (χ2v) is 3.85. The van der Waals surface area contributed by atoms with Gasteiger partial charge in [0.1, 0.15) is 5.82 Å². The Morgan fingerprint density at radius 2 is 2.38 bits per heavy atom. The first kappa shape index (κ1) is 12.2. The van der Waals surface area contributed by atoms with Gasteiger partial charge >= 0.3 is 0 Å². The van der Waals surface area contributed by atoms with Crippen molar-refractivity contribution in [3.05, 3.63) is 23.4 Å². The van der Waals surface area contributed by atoms with E-state index in [1.54, 1.807) is 12.3 Å². The van der Waals surface area contributed by atoms with Crippen LogP contribution in [0.4, 0.5) is 5.82 Å². The lowest BCUT2D eigenvalue weighted by atomic mass is 10.1. The fraction of sp³-hybridized carbons (Fsp3) is 0.417. The van der Waals surface area contributed by atoms with Crippen LogP contribution >= 0.6 is 0 Å². The molecule has 0 aliphatic heterocycles. The second-order valence-electron chi connectivity index (χ2n) is 3.85. The summed E-state index contributed by atoms with van der Waals surface area (Å²) in [4.78, 5) is 16.8. The average molecular weight is 217 g/mol. The molecule has 1 heterocycles. The molecule has 1 rings (SSSR count). The van der Waals surface area contributed by atoms with Crippen LogP contribution in [-0.2, 0) is 0 Å². The van der Waals surface area contributed by atoms with Gasteiger partial charge in [0.05, 0.1) is 12.5 Å². The number of carbonyl (C=O) groups is 1. The summed E-state index contributed by atoms with van der Waals surface area (Å²) >= 11 is 0. The molecule has 0 aliphatic carbocycles. The summed E-state index contributed by atoms with van der Waals surface area (Å²) in [5.41, 5.74) is 1.51. The van der Waals surface area contributed by atoms with Crippen LogP contribution < -0.4 is 4.90 Å². The van der Waals surface area contributed by atoms with Crippen molar-refractivity contribution >= 4 is 12.1 Å². The number of nitriles is 1. The third-order valence-corrected chi connectivity index (χ3v) is 2.59. The van der Waals surface area contributed by atoms with Crippen molar-refractivity contribution in [2.75, 3.05) is 11.9 Å². The van der Waals surface area contributed by atoms with E-state index in [2.05, 4.69) is 11.1 Å². The highest BCUT2D eigenvalue weighted by molar-refractivity contribution is 5.75. The summed E-state index contributed by atoms with van der Waals surface area (Å²) in [5.74, 6) is 0.813. The number of aryl methyl sites for hydroxylation is 1. The lowest BCUT2D eigenvalue weighted by Crippen LogP contribution is -2.29. The number of anilines is 1. The Hall–Kier alpha value is -1.89. The Balaban J connectivity index is 2.96. The molecular weight excluding hydrogens is 202 g/mol. The molecule has 84 valence electrons. The molecule has 1 aromatic rings. The van der Waals surface area contributed by atoms with Gasteiger partial charge < -0.3 is 4.90 Å². The minimum absolute atomic E-state index is 0.110. The van der Waals surface area contributed by atoms with Crippen molar-refractivity contribution in [2.45, 2.75) is 26.3 Å². The van der Waals surface area contributed by atoms with Crippen LogP contribution in [-0.4, -0.2) is 24.4 Å². The number of hydrogen-bond donors (Lipinski definition) is 0. The van der Waals surface area contributed by atoms with E-state index in [4.69, 9.17) is 5.26 Å². The maximum absolute atomic E-state index is 10.6. The minimum atomic E-state index is 0.110. The van der Waals surface area contributed by atoms with Gasteiger partial charge in [0.25, 0.3) is 0 Å². The molecule has 16 heavy (non-hydrogen) atoms. The summed E-state index contributed by atoms with van der Waals surface area (Å²) < 4.78 is 0. The van der Waals surface area contributed by atoms with Gasteiger partial charge in [0.2, 0.25) is 0 Å². The van der Waals surface area contributed by atoms with E-state index in [9.17, 15) is 4.79 Å². The number of hydrogen-bond acceptors (Lipinski definition) is 4. The van der Waals surface area contributed by atoms with Gasteiger partial charge in [-0.1, -0.05) is 0 Å². The summed E-state index contributed by atoms with van der Waals surface area (Å²) in [5, 5.41) is 8.64. The molecule has 4 nitrogen and oxygen atoms in total. The van der Waals surface area contributed by atoms with Crippen LogP contribution in [0.15, 0.2) is 12.3 Å². The Morgan fingerprint density at radius 1 is 1.69 bits per heavy atom. The van der Waals surface area contributed by atoms with Crippen molar-refractivity contribution in [2.24, 2.45) is 0 Å². The first-order valence-electron chi connectivity index (χ1n) is 5.11. The first-order chi connectivity index (χ1) is 7.60. The number of carbonyl (C=O) groups excluding carboxylic acids is 1. The SMILES string of the molecule is Cc1cc(C=O)cnc1N(C)C(C)CC#N. The van der Waals surface area contributed by atoms with E-state index in [1.807, 2.05) is 25.8 Å². The molecule has 0 amide bonds. The summed E-state index contributed by atoms with van der Waals surface area (Å²) in [6.07, 6.45) is 2.78. The molecule has 0 radical (unpaired) electrons. The van der Waals surface area contributed by atoms with E-state index < -0.39 is 0 Å². The van der Waals surface area contributed by atoms with E-state index in [0.717, 1.165) is 17.7 Å². The normalized spacial score (nSPS) is 11.6. The summed E-state index contributed by atoms with van der Waals surface area (Å²) in [6.45, 7) is 3.88. The minimum Gasteiger partial charge on any atom is -0.356 e. The Kier molecular flexibility index (Phi) is 4.01. The van der Waals surface area contributed by atoms with Crippen LogP contribution in [0.1, 0.15) is 29.3 Å². The molecule has 0 saturated carbocycles. The van der Waals surface area contributed by atoms with Gasteiger partial charge in [-0.05, 0) is 25.5 Å². The summed E-state index contributed by atoms with van der Waals surface area (Å²) in [6, 6.07) is 4.04. The highest BCUT2D eigenvalue weighted by Crippen LogP contribution is 2.18. The maximum atomic E-state index is 10.6. The van der Waals surface area contributed by atoms with Crippen molar-refractivity contribution in [3.63, 3.8) is 0 Å². The predicted molar refractivity (Wildman–Crippen MR) is 62.5 cm³/mol. The quantitative estimate of drug-likeness (QED) is 0.723. The van der Waals surface area contributed by atoms with Crippen molar-refractivity contribution in [1.29, 1.82) is 5.26 Å². The second kappa shape index (κ2) is 5.26. The third kappa shape index (κ3) is 2.57. The van der Waals surface area contributed by atoms with Gasteiger partial charge in [0.15, 0.2) is 6.29 Å². The van der Waals surface area contributed by atoms with Crippen LogP contribution in [0.2, 0.25) is 0 Å². The van der Waals surface area contributed by atoms with Crippen molar-refractivity contribution < 1.29 is 4.79 Å². The lowest BCUT2D eigenvalue weighted by molar-refractivity contribution is 0.112. The first-order valence-corrected chi connectivity index (χ1v) is 5.11. The number of aldehydes is 1. The zero-order valence-corrected chi connectivity index (χ0v) is 9.77. The Labute approximate surface area is 95.5 Å². The Bertz CT molecular complexity index is 423. The van der Waals surface area contributed by atoms with E-state index in [0.29, 0.717) is 12.0 Å². The number of nitrogens with zero attached hydrogens (tertiary/aromatic N) is 3. The zero-order valence-electron chi connectivity index (χ0n) is 9.77. The van der Waals surface area contributed by atoms with Gasteiger partial charge in [-0.15, -0.1) is 0 Å². The third-order valence-electron chi connectivity index (χ3n) is 2.59. The molecule has 0 aliphatic rings. The lowest BCUT2D eigenvalue weighted by Gasteiger charge is -2.25. The molecule has 1 aromatic heterocycles. The van der Waals surface area contributed by atoms with Crippen molar-refractivity contribution in [1.82, 2.24) is 4.98 Å². The molecule has 0 fully saturated rings. The van der Waals surface area contributed by atoms with Crippen LogP contribution in [0.3, 0.4) is 0 Å². The molecule has 0 spiro atoms. The number of aromatic nitrogens is 1. The monoisotopic (exact) mass is 217 g/mol. The van der Waals surface area contributed by atoms with E-state index in [1.165, 1.54) is 0 Å². The predicted octanol–water partition coefficient (Wildman–Crippen LogP) is 1.94. The van der Waals surface area contributed by atoms with Gasteiger partial charge in [-0.3, -0.25) is 4.79 Å². The molecular formula is C12H15N3O. The van der Waals surface area contributed by atoms with Crippen LogP contribution in [0.5, 0.6) is 0 Å². The highest BCUT2D eigenvalue weighted by atomic mass is 16.1. The summed E-state index contributed by atoms with van der Waals surface area (Å²) in [7, 11) is 1.90.